The first-order valence-electron chi connectivity index (χ1n) is 9.41. The largest absolute Gasteiger partial charge is 0.335 e. The van der Waals surface area contributed by atoms with Crippen LogP contribution in [-0.2, 0) is 0 Å². The summed E-state index contributed by atoms with van der Waals surface area (Å²) >= 11 is 0. The molecule has 0 saturated carbocycles. The van der Waals surface area contributed by atoms with E-state index < -0.39 is 0 Å². The summed E-state index contributed by atoms with van der Waals surface area (Å²) in [5, 5.41) is 8.61. The Bertz CT molecular complexity index is 1150. The first-order chi connectivity index (χ1) is 13.7. The minimum Gasteiger partial charge on any atom is -0.335 e. The highest BCUT2D eigenvalue weighted by molar-refractivity contribution is 5.94. The van der Waals surface area contributed by atoms with Crippen LogP contribution >= 0.6 is 0 Å². The second kappa shape index (κ2) is 6.60. The van der Waals surface area contributed by atoms with Crippen LogP contribution in [0.15, 0.2) is 60.9 Å². The molecule has 3 aromatic heterocycles. The average Bonchev–Trinajstić information content (AvgIpc) is 3.45. The van der Waals surface area contributed by atoms with E-state index in [9.17, 15) is 4.79 Å². The molecule has 4 aromatic rings. The summed E-state index contributed by atoms with van der Waals surface area (Å²) in [5.41, 5.74) is 4.08. The van der Waals surface area contributed by atoms with Gasteiger partial charge in [0.15, 0.2) is 0 Å². The van der Waals surface area contributed by atoms with Gasteiger partial charge in [-0.15, -0.1) is 5.10 Å². The number of nitrogens with zero attached hydrogens (tertiary/aromatic N) is 6. The Morgan fingerprint density at radius 1 is 1.11 bits per heavy atom. The number of carbonyl (C=O) groups is 1. The molecule has 7 nitrogen and oxygen atoms in total. The zero-order valence-corrected chi connectivity index (χ0v) is 15.6. The highest BCUT2D eigenvalue weighted by Crippen LogP contribution is 2.25. The van der Waals surface area contributed by atoms with Crippen molar-refractivity contribution in [2.75, 3.05) is 13.1 Å². The smallest absolute Gasteiger partial charge is 0.272 e. The Labute approximate surface area is 162 Å². The SMILES string of the molecule is Cc1nc2ccccn2c1C(=O)N1CCC(n2cc(-c3ccccc3)nn2)C1. The minimum atomic E-state index is 0.0158. The summed E-state index contributed by atoms with van der Waals surface area (Å²) in [6.45, 7) is 3.21. The fraction of sp³-hybridized carbons (Fsp3) is 0.238. The third-order valence-electron chi connectivity index (χ3n) is 5.31. The van der Waals surface area contributed by atoms with Gasteiger partial charge in [-0.25, -0.2) is 9.67 Å². The number of carbonyl (C=O) groups excluding carboxylic acids is 1. The first kappa shape index (κ1) is 16.7. The van der Waals surface area contributed by atoms with Crippen LogP contribution in [0.3, 0.4) is 0 Å². The quantitative estimate of drug-likeness (QED) is 0.554. The molecule has 1 atom stereocenters. The average molecular weight is 372 g/mol. The van der Waals surface area contributed by atoms with Gasteiger partial charge in [-0.3, -0.25) is 9.20 Å². The molecule has 1 fully saturated rings. The molecule has 1 aromatic carbocycles. The van der Waals surface area contributed by atoms with Crippen molar-refractivity contribution in [2.24, 2.45) is 0 Å². The normalized spacial score (nSPS) is 16.8. The summed E-state index contributed by atoms with van der Waals surface area (Å²) in [5.74, 6) is 0.0158. The monoisotopic (exact) mass is 372 g/mol. The topological polar surface area (TPSA) is 68.3 Å². The van der Waals surface area contributed by atoms with E-state index in [0.717, 1.165) is 29.0 Å². The van der Waals surface area contributed by atoms with Crippen molar-refractivity contribution in [1.82, 2.24) is 29.3 Å². The van der Waals surface area contributed by atoms with Gasteiger partial charge in [-0.2, -0.15) is 0 Å². The third kappa shape index (κ3) is 2.76. The Balaban J connectivity index is 1.37. The van der Waals surface area contributed by atoms with E-state index in [1.165, 1.54) is 0 Å². The van der Waals surface area contributed by atoms with Crippen molar-refractivity contribution in [1.29, 1.82) is 0 Å². The van der Waals surface area contributed by atoms with Crippen LogP contribution in [0.2, 0.25) is 0 Å². The second-order valence-corrected chi connectivity index (χ2v) is 7.12. The number of aromatic nitrogens is 5. The number of rotatable bonds is 3. The van der Waals surface area contributed by atoms with Crippen molar-refractivity contribution in [3.8, 4) is 11.3 Å². The van der Waals surface area contributed by atoms with Crippen molar-refractivity contribution < 1.29 is 4.79 Å². The molecule has 28 heavy (non-hydrogen) atoms. The molecule has 0 bridgehead atoms. The predicted molar refractivity (Wildman–Crippen MR) is 105 cm³/mol. The van der Waals surface area contributed by atoms with Gasteiger partial charge in [0.2, 0.25) is 0 Å². The summed E-state index contributed by atoms with van der Waals surface area (Å²) in [7, 11) is 0. The maximum atomic E-state index is 13.2. The highest BCUT2D eigenvalue weighted by atomic mass is 16.2. The maximum Gasteiger partial charge on any atom is 0.272 e. The number of hydrogen-bond donors (Lipinski definition) is 0. The van der Waals surface area contributed by atoms with Gasteiger partial charge < -0.3 is 4.90 Å². The van der Waals surface area contributed by atoms with Crippen LogP contribution < -0.4 is 0 Å². The summed E-state index contributed by atoms with van der Waals surface area (Å²) in [4.78, 5) is 19.6. The lowest BCUT2D eigenvalue weighted by Gasteiger charge is -2.16. The van der Waals surface area contributed by atoms with Gasteiger partial charge in [-0.1, -0.05) is 41.6 Å². The lowest BCUT2D eigenvalue weighted by Crippen LogP contribution is -2.30. The van der Waals surface area contributed by atoms with E-state index in [0.29, 0.717) is 18.8 Å². The molecule has 0 N–H and O–H groups in total. The zero-order chi connectivity index (χ0) is 19.1. The first-order valence-corrected chi connectivity index (χ1v) is 9.41. The van der Waals surface area contributed by atoms with Gasteiger partial charge in [0.1, 0.15) is 17.0 Å². The Morgan fingerprint density at radius 3 is 2.79 bits per heavy atom. The lowest BCUT2D eigenvalue weighted by molar-refractivity contribution is 0.0779. The maximum absolute atomic E-state index is 13.2. The van der Waals surface area contributed by atoms with Crippen LogP contribution in [-0.4, -0.2) is 48.3 Å². The van der Waals surface area contributed by atoms with E-state index in [2.05, 4.69) is 15.3 Å². The molecule has 1 amide bonds. The zero-order valence-electron chi connectivity index (χ0n) is 15.6. The standard InChI is InChI=1S/C21H20N6O/c1-15-20(26-11-6-5-9-19(26)22-15)21(28)25-12-10-17(13-25)27-14-18(23-24-27)16-7-3-2-4-8-16/h2-9,11,14,17H,10,12-13H2,1H3. The number of pyridine rings is 1. The van der Waals surface area contributed by atoms with Crippen molar-refractivity contribution in [3.63, 3.8) is 0 Å². The predicted octanol–water partition coefficient (Wildman–Crippen LogP) is 2.99. The van der Waals surface area contributed by atoms with Crippen LogP contribution in [0.1, 0.15) is 28.6 Å². The molecule has 0 spiro atoms. The van der Waals surface area contributed by atoms with Crippen molar-refractivity contribution in [3.05, 3.63) is 72.3 Å². The molecule has 1 aliphatic heterocycles. The van der Waals surface area contributed by atoms with E-state index >= 15 is 0 Å². The van der Waals surface area contributed by atoms with E-state index in [4.69, 9.17) is 0 Å². The molecule has 4 heterocycles. The number of likely N-dealkylation sites (tertiary alicyclic amines) is 1. The highest BCUT2D eigenvalue weighted by Gasteiger charge is 2.31. The molecule has 0 aliphatic carbocycles. The van der Waals surface area contributed by atoms with Crippen molar-refractivity contribution >= 4 is 11.6 Å². The number of imidazole rings is 1. The molecule has 0 radical (unpaired) electrons. The lowest BCUT2D eigenvalue weighted by atomic mass is 10.2. The van der Waals surface area contributed by atoms with Gasteiger partial charge >= 0.3 is 0 Å². The van der Waals surface area contributed by atoms with Crippen LogP contribution in [0.4, 0.5) is 0 Å². The number of hydrogen-bond acceptors (Lipinski definition) is 4. The Hall–Kier alpha value is -3.48. The Kier molecular flexibility index (Phi) is 3.93. The Morgan fingerprint density at radius 2 is 1.93 bits per heavy atom. The molecule has 1 aliphatic rings. The van der Waals surface area contributed by atoms with Crippen molar-refractivity contribution in [2.45, 2.75) is 19.4 Å². The van der Waals surface area contributed by atoms with Gasteiger partial charge in [0, 0.05) is 24.8 Å². The number of amides is 1. The van der Waals surface area contributed by atoms with Gasteiger partial charge in [0.25, 0.3) is 5.91 Å². The molecule has 1 saturated heterocycles. The fourth-order valence-electron chi connectivity index (χ4n) is 3.86. The van der Waals surface area contributed by atoms with Crippen LogP contribution in [0.5, 0.6) is 0 Å². The van der Waals surface area contributed by atoms with Crippen LogP contribution in [0, 0.1) is 6.92 Å². The van der Waals surface area contributed by atoms with E-state index in [1.54, 1.807) is 0 Å². The number of benzene rings is 1. The minimum absolute atomic E-state index is 0.0158. The summed E-state index contributed by atoms with van der Waals surface area (Å²) in [6, 6.07) is 15.9. The molecular formula is C21H20N6O. The summed E-state index contributed by atoms with van der Waals surface area (Å²) in [6.07, 6.45) is 4.71. The molecule has 1 unspecified atom stereocenters. The molecule has 5 rings (SSSR count). The third-order valence-corrected chi connectivity index (χ3v) is 5.31. The van der Waals surface area contributed by atoms with Crippen LogP contribution in [0.25, 0.3) is 16.9 Å². The number of fused-ring (bicyclic) bond motifs is 1. The van der Waals surface area contributed by atoms with Gasteiger partial charge in [0.05, 0.1) is 17.9 Å². The summed E-state index contributed by atoms with van der Waals surface area (Å²) < 4.78 is 3.75. The number of aryl methyl sites for hydroxylation is 1. The van der Waals surface area contributed by atoms with E-state index in [-0.39, 0.29) is 11.9 Å². The molecular weight excluding hydrogens is 352 g/mol. The molecule has 140 valence electrons. The van der Waals surface area contributed by atoms with Gasteiger partial charge in [-0.05, 0) is 25.5 Å². The van der Waals surface area contributed by atoms with E-state index in [1.807, 2.05) is 81.8 Å². The molecule has 7 heteroatoms. The fourth-order valence-corrected chi connectivity index (χ4v) is 3.86. The second-order valence-electron chi connectivity index (χ2n) is 7.12.